The second-order valence-electron chi connectivity index (χ2n) is 9.90. The average molecular weight is 690 g/mol. The number of hydrogen-bond donors (Lipinski definition) is 0. The Labute approximate surface area is 277 Å². The van der Waals surface area contributed by atoms with Gasteiger partial charge in [-0.05, 0) is 29.8 Å². The summed E-state index contributed by atoms with van der Waals surface area (Å²) in [6, 6.07) is 8.48. The lowest BCUT2D eigenvalue weighted by Crippen LogP contribution is -2.64. The molecule has 1 heterocycles. The van der Waals surface area contributed by atoms with Crippen molar-refractivity contribution in [2.24, 2.45) is 0 Å². The Kier molecular flexibility index (Phi) is 13.1. The summed E-state index contributed by atoms with van der Waals surface area (Å²) in [5.74, 6) is -5.03. The van der Waals surface area contributed by atoms with Gasteiger partial charge in [-0.15, -0.1) is 0 Å². The molecule has 2 aromatic rings. The number of esters is 5. The second-order valence-corrected chi connectivity index (χ2v) is 9.90. The van der Waals surface area contributed by atoms with Crippen molar-refractivity contribution in [1.29, 1.82) is 0 Å². The first kappa shape index (κ1) is 37.4. The smallest absolute Gasteiger partial charge is 0.467 e. The first-order valence-corrected chi connectivity index (χ1v) is 14.2. The predicted octanol–water partition coefficient (Wildman–Crippen LogP) is 2.73. The molecule has 1 aliphatic heterocycles. The number of ether oxygens (including phenoxy) is 9. The molecule has 1 aliphatic rings. The van der Waals surface area contributed by atoms with Gasteiger partial charge in [0.15, 0.2) is 18.3 Å². The average Bonchev–Trinajstić information content (AvgIpc) is 3.04. The lowest BCUT2D eigenvalue weighted by Gasteiger charge is -2.43. The minimum absolute atomic E-state index is 0.0314. The van der Waals surface area contributed by atoms with E-state index in [2.05, 4.69) is 6.58 Å². The Morgan fingerprint density at radius 1 is 0.878 bits per heavy atom. The van der Waals surface area contributed by atoms with Gasteiger partial charge in [0.2, 0.25) is 12.4 Å². The fourth-order valence-corrected chi connectivity index (χ4v) is 4.35. The monoisotopic (exact) mass is 689 g/mol. The van der Waals surface area contributed by atoms with E-state index in [1.54, 1.807) is 0 Å². The summed E-state index contributed by atoms with van der Waals surface area (Å²) in [6.07, 6.45) is -8.40. The molecule has 0 unspecified atom stereocenters. The fourth-order valence-electron chi connectivity index (χ4n) is 4.35. The van der Waals surface area contributed by atoms with Crippen molar-refractivity contribution in [2.75, 3.05) is 13.7 Å². The molecule has 1 saturated heterocycles. The van der Waals surface area contributed by atoms with Crippen molar-refractivity contribution in [3.05, 3.63) is 76.4 Å². The molecular weight excluding hydrogens is 658 g/mol. The van der Waals surface area contributed by atoms with Gasteiger partial charge in [0.05, 0.1) is 12.0 Å². The number of carbonyl (C=O) groups excluding carboxylic acids is 6. The van der Waals surface area contributed by atoms with E-state index in [0.717, 1.165) is 40.0 Å². The zero-order valence-corrected chi connectivity index (χ0v) is 26.5. The van der Waals surface area contributed by atoms with Crippen LogP contribution in [0.15, 0.2) is 55.1 Å². The summed E-state index contributed by atoms with van der Waals surface area (Å²) in [6.45, 7) is 5.88. The number of hydrogen-bond acceptors (Lipinski definition) is 17. The molecule has 2 aromatic carbocycles. The summed E-state index contributed by atoms with van der Waals surface area (Å²) in [5.41, 5.74) is -0.263. The molecule has 1 fully saturated rings. The molecule has 0 bridgehead atoms. The number of methoxy groups -OCH3 is 1. The highest BCUT2D eigenvalue weighted by molar-refractivity contribution is 5.93. The van der Waals surface area contributed by atoms with Crippen molar-refractivity contribution >= 4 is 41.7 Å². The highest BCUT2D eigenvalue weighted by Crippen LogP contribution is 2.33. The van der Waals surface area contributed by atoms with Crippen LogP contribution in [-0.2, 0) is 58.9 Å². The lowest BCUT2D eigenvalue weighted by atomic mass is 9.97. The van der Waals surface area contributed by atoms with E-state index in [4.69, 9.17) is 42.6 Å². The van der Waals surface area contributed by atoms with Gasteiger partial charge in [-0.3, -0.25) is 24.5 Å². The summed E-state index contributed by atoms with van der Waals surface area (Å²) in [4.78, 5) is 84.4. The van der Waals surface area contributed by atoms with E-state index < -0.39 is 78.2 Å². The second kappa shape index (κ2) is 17.2. The maximum atomic E-state index is 13.1. The number of benzene rings is 2. The summed E-state index contributed by atoms with van der Waals surface area (Å²) < 4.78 is 47.6. The third-order valence-corrected chi connectivity index (χ3v) is 6.28. The molecule has 262 valence electrons. The molecule has 0 saturated carbocycles. The number of non-ortho nitro benzene ring substituents is 1. The van der Waals surface area contributed by atoms with Gasteiger partial charge < -0.3 is 42.6 Å². The number of nitro benzene ring substituents is 1. The van der Waals surface area contributed by atoms with Crippen LogP contribution in [0.4, 0.5) is 10.5 Å². The maximum Gasteiger partial charge on any atom is 0.514 e. The maximum absolute atomic E-state index is 13.1. The summed E-state index contributed by atoms with van der Waals surface area (Å²) >= 11 is 0. The third-order valence-electron chi connectivity index (χ3n) is 6.28. The summed E-state index contributed by atoms with van der Waals surface area (Å²) in [7, 11) is 1.02. The predicted molar refractivity (Wildman–Crippen MR) is 159 cm³/mol. The number of nitrogens with zero attached hydrogens (tertiary/aromatic N) is 1. The Morgan fingerprint density at radius 3 is 2.06 bits per heavy atom. The molecule has 0 aliphatic carbocycles. The van der Waals surface area contributed by atoms with Crippen LogP contribution in [-0.4, -0.2) is 85.3 Å². The highest BCUT2D eigenvalue weighted by Gasteiger charge is 2.56. The van der Waals surface area contributed by atoms with Crippen molar-refractivity contribution in [1.82, 2.24) is 0 Å². The largest absolute Gasteiger partial charge is 0.514 e. The SMILES string of the molecule is C=CCOC(=O)c1cc(COC(=O)Oc2ccc([N+](=O)[O-])cc2)ccc1O[C@@H]1O[C@H](C(=O)OC)[C@@H](OC(C)=O)[C@H](OC(C)=O)[C@H]1OC(C)=O. The van der Waals surface area contributed by atoms with Crippen LogP contribution in [0.25, 0.3) is 0 Å². The highest BCUT2D eigenvalue weighted by atomic mass is 16.7. The molecule has 18 nitrogen and oxygen atoms in total. The number of rotatable bonds is 13. The van der Waals surface area contributed by atoms with Gasteiger partial charge in [0, 0.05) is 32.9 Å². The normalized spacial score (nSPS) is 19.6. The van der Waals surface area contributed by atoms with Crippen molar-refractivity contribution < 1.29 is 76.3 Å². The van der Waals surface area contributed by atoms with Crippen LogP contribution in [0, 0.1) is 10.1 Å². The molecular formula is C31H31NO17. The Balaban J connectivity index is 1.94. The standard InChI is InChI=1S/C31H31NO17/c1-6-13-42-28(36)22-14-19(15-43-31(38)47-21-10-8-20(9-11-21)32(39)40)7-12-23(22)48-30-27(46-18(4)35)25(45-17(3)34)24(44-16(2)33)26(49-30)29(37)41-5/h6-12,14,24-27,30H,1,13,15H2,2-5H3/t24-,25-,26-,27+,30+/m0/s1. The molecule has 0 amide bonds. The van der Waals surface area contributed by atoms with Gasteiger partial charge in [-0.1, -0.05) is 18.7 Å². The van der Waals surface area contributed by atoms with Gasteiger partial charge in [0.25, 0.3) is 5.69 Å². The Hall–Kier alpha value is -6.04. The van der Waals surface area contributed by atoms with Crippen molar-refractivity contribution in [3.63, 3.8) is 0 Å². The molecule has 18 heteroatoms. The van der Waals surface area contributed by atoms with Gasteiger partial charge in [-0.2, -0.15) is 0 Å². The van der Waals surface area contributed by atoms with E-state index in [9.17, 15) is 38.9 Å². The molecule has 0 radical (unpaired) electrons. The molecule has 49 heavy (non-hydrogen) atoms. The van der Waals surface area contributed by atoms with Crippen LogP contribution in [0.5, 0.6) is 11.5 Å². The van der Waals surface area contributed by atoms with Crippen LogP contribution in [0.1, 0.15) is 36.7 Å². The minimum atomic E-state index is -1.78. The minimum Gasteiger partial charge on any atom is -0.467 e. The van der Waals surface area contributed by atoms with Gasteiger partial charge in [0.1, 0.15) is 30.3 Å². The lowest BCUT2D eigenvalue weighted by molar-refractivity contribution is -0.384. The van der Waals surface area contributed by atoms with E-state index >= 15 is 0 Å². The van der Waals surface area contributed by atoms with Gasteiger partial charge in [-0.25, -0.2) is 14.4 Å². The number of carbonyl (C=O) groups is 6. The van der Waals surface area contributed by atoms with E-state index in [1.807, 2.05) is 0 Å². The van der Waals surface area contributed by atoms with Crippen LogP contribution in [0.2, 0.25) is 0 Å². The number of nitro groups is 1. The quantitative estimate of drug-likeness (QED) is 0.0735. The zero-order valence-electron chi connectivity index (χ0n) is 26.5. The molecule has 3 rings (SSSR count). The van der Waals surface area contributed by atoms with Crippen LogP contribution < -0.4 is 9.47 Å². The fraction of sp³-hybridized carbons (Fsp3) is 0.355. The topological polar surface area (TPSA) is 229 Å². The first-order chi connectivity index (χ1) is 23.2. The molecule has 0 N–H and O–H groups in total. The van der Waals surface area contributed by atoms with Gasteiger partial charge >= 0.3 is 36.0 Å². The zero-order chi connectivity index (χ0) is 36.2. The Morgan fingerprint density at radius 2 is 1.49 bits per heavy atom. The third kappa shape index (κ3) is 10.5. The molecule has 5 atom stereocenters. The summed E-state index contributed by atoms with van der Waals surface area (Å²) in [5, 5.41) is 10.8. The van der Waals surface area contributed by atoms with E-state index in [0.29, 0.717) is 0 Å². The van der Waals surface area contributed by atoms with Crippen molar-refractivity contribution in [3.8, 4) is 11.5 Å². The molecule has 0 spiro atoms. The first-order valence-electron chi connectivity index (χ1n) is 14.2. The van der Waals surface area contributed by atoms with E-state index in [1.165, 1.54) is 36.4 Å². The van der Waals surface area contributed by atoms with Crippen molar-refractivity contribution in [2.45, 2.75) is 58.1 Å². The Bertz CT molecular complexity index is 1590. The van der Waals surface area contributed by atoms with E-state index in [-0.39, 0.29) is 34.9 Å². The van der Waals surface area contributed by atoms with Crippen LogP contribution >= 0.6 is 0 Å². The van der Waals surface area contributed by atoms with Crippen LogP contribution in [0.3, 0.4) is 0 Å². The molecule has 0 aromatic heterocycles.